The first-order valence-corrected chi connectivity index (χ1v) is 4.60. The Morgan fingerprint density at radius 3 is 3.00 bits per heavy atom. The highest BCUT2D eigenvalue weighted by Gasteiger charge is 2.09. The Balaban J connectivity index is 2.43. The third-order valence-electron chi connectivity index (χ3n) is 1.54. The van der Waals surface area contributed by atoms with Crippen LogP contribution in [0.15, 0.2) is 10.2 Å². The molecule has 0 saturated carbocycles. The van der Waals surface area contributed by atoms with Crippen LogP contribution in [-0.2, 0) is 11.3 Å². The second-order valence-electron chi connectivity index (χ2n) is 2.61. The number of H-pyrrole nitrogens is 1. The van der Waals surface area contributed by atoms with Crippen molar-refractivity contribution in [1.82, 2.24) is 10.3 Å². The normalized spacial score (nSPS) is 12.7. The minimum absolute atomic E-state index is 0.125. The van der Waals surface area contributed by atoms with Crippen molar-refractivity contribution in [1.29, 1.82) is 0 Å². The molecule has 0 aliphatic rings. The Bertz CT molecular complexity index is 344. The summed E-state index contributed by atoms with van der Waals surface area (Å²) in [5, 5.41) is 13.0. The largest absolute Gasteiger partial charge is 0.480 e. The van der Waals surface area contributed by atoms with Crippen LogP contribution in [0.4, 0.5) is 0 Å². The maximum Gasteiger partial charge on any atom is 0.320 e. The maximum atomic E-state index is 10.7. The predicted octanol–water partition coefficient (Wildman–Crippen LogP) is -0.000900. The molecule has 0 amide bonds. The summed E-state index contributed by atoms with van der Waals surface area (Å²) in [5.74, 6) is -0.905. The molecule has 1 aromatic rings. The molecule has 1 heterocycles. The minimum atomic E-state index is -0.905. The quantitative estimate of drug-likeness (QED) is 0.641. The fourth-order valence-electron chi connectivity index (χ4n) is 0.751. The van der Waals surface area contributed by atoms with Crippen LogP contribution < -0.4 is 10.2 Å². The Morgan fingerprint density at radius 2 is 2.54 bits per heavy atom. The number of hydrogen-bond donors (Lipinski definition) is 3. The molecule has 5 nitrogen and oxygen atoms in total. The molecule has 3 N–H and O–H groups in total. The highest BCUT2D eigenvalue weighted by atomic mass is 32.1. The molecule has 1 unspecified atom stereocenters. The molecule has 0 spiro atoms. The molecular formula is C7H10N2O3S. The third-order valence-corrected chi connectivity index (χ3v) is 2.26. The summed E-state index contributed by atoms with van der Waals surface area (Å²) in [6, 6.07) is -0.608. The summed E-state index contributed by atoms with van der Waals surface area (Å²) in [5.41, 5.74) is 0.711. The molecule has 0 saturated heterocycles. The van der Waals surface area contributed by atoms with Gasteiger partial charge in [-0.25, -0.2) is 0 Å². The summed E-state index contributed by atoms with van der Waals surface area (Å²) in [6.07, 6.45) is 0. The molecule has 0 bridgehead atoms. The van der Waals surface area contributed by atoms with E-state index in [1.54, 1.807) is 12.3 Å². The molecule has 1 rings (SSSR count). The number of aromatic amines is 1. The zero-order chi connectivity index (χ0) is 9.84. The van der Waals surface area contributed by atoms with E-state index >= 15 is 0 Å². The highest BCUT2D eigenvalue weighted by Crippen LogP contribution is 1.95. The fourth-order valence-corrected chi connectivity index (χ4v) is 1.33. The summed E-state index contributed by atoms with van der Waals surface area (Å²) in [7, 11) is 0. The minimum Gasteiger partial charge on any atom is -0.480 e. The van der Waals surface area contributed by atoms with Gasteiger partial charge in [0.15, 0.2) is 0 Å². The first kappa shape index (κ1) is 9.94. The van der Waals surface area contributed by atoms with Gasteiger partial charge in [-0.2, -0.15) is 0 Å². The van der Waals surface area contributed by atoms with E-state index < -0.39 is 12.0 Å². The van der Waals surface area contributed by atoms with Crippen molar-refractivity contribution < 1.29 is 9.90 Å². The zero-order valence-electron chi connectivity index (χ0n) is 7.03. The lowest BCUT2D eigenvalue weighted by Crippen LogP contribution is -2.33. The van der Waals surface area contributed by atoms with Gasteiger partial charge in [0.2, 0.25) is 0 Å². The van der Waals surface area contributed by atoms with Gasteiger partial charge < -0.3 is 10.1 Å². The molecule has 0 fully saturated rings. The monoisotopic (exact) mass is 202 g/mol. The van der Waals surface area contributed by atoms with E-state index in [0.717, 1.165) is 11.3 Å². The van der Waals surface area contributed by atoms with Crippen molar-refractivity contribution in [2.45, 2.75) is 19.5 Å². The molecule has 13 heavy (non-hydrogen) atoms. The molecule has 0 radical (unpaired) electrons. The Labute approximate surface area is 78.4 Å². The van der Waals surface area contributed by atoms with E-state index in [0.29, 0.717) is 12.2 Å². The molecule has 1 atom stereocenters. The maximum absolute atomic E-state index is 10.7. The topological polar surface area (TPSA) is 82.2 Å². The first-order chi connectivity index (χ1) is 6.09. The van der Waals surface area contributed by atoms with Crippen molar-refractivity contribution in [3.63, 3.8) is 0 Å². The van der Waals surface area contributed by atoms with Gasteiger partial charge in [0.25, 0.3) is 0 Å². The number of aliphatic carboxylic acids is 1. The average Bonchev–Trinajstić information content (AvgIpc) is 2.47. The van der Waals surface area contributed by atoms with E-state index in [4.69, 9.17) is 5.11 Å². The molecule has 1 aromatic heterocycles. The van der Waals surface area contributed by atoms with Crippen LogP contribution in [0.1, 0.15) is 12.6 Å². The van der Waals surface area contributed by atoms with E-state index in [1.807, 2.05) is 0 Å². The molecule has 6 heteroatoms. The van der Waals surface area contributed by atoms with Crippen LogP contribution in [0.25, 0.3) is 0 Å². The van der Waals surface area contributed by atoms with Gasteiger partial charge in [0.05, 0.1) is 0 Å². The lowest BCUT2D eigenvalue weighted by atomic mass is 10.3. The molecule has 0 aromatic carbocycles. The van der Waals surface area contributed by atoms with Gasteiger partial charge in [-0.3, -0.25) is 14.9 Å². The van der Waals surface area contributed by atoms with Crippen molar-refractivity contribution in [2.75, 3.05) is 0 Å². The van der Waals surface area contributed by atoms with E-state index in [2.05, 4.69) is 10.3 Å². The Morgan fingerprint density at radius 1 is 1.85 bits per heavy atom. The summed E-state index contributed by atoms with van der Waals surface area (Å²) in [6.45, 7) is 1.92. The van der Waals surface area contributed by atoms with Crippen LogP contribution in [0.2, 0.25) is 0 Å². The number of rotatable bonds is 4. The van der Waals surface area contributed by atoms with Crippen molar-refractivity contribution in [3.8, 4) is 0 Å². The standard InChI is InChI=1S/C7H10N2O3S/c1-4(6(10)11)8-2-5-3-13-7(12)9-5/h3-4,8H,2H2,1H3,(H,9,12)(H,10,11). The summed E-state index contributed by atoms with van der Waals surface area (Å²) in [4.78, 5) is 23.5. The highest BCUT2D eigenvalue weighted by molar-refractivity contribution is 7.07. The molecular weight excluding hydrogens is 192 g/mol. The smallest absolute Gasteiger partial charge is 0.320 e. The average molecular weight is 202 g/mol. The number of carbonyl (C=O) groups is 1. The van der Waals surface area contributed by atoms with Crippen molar-refractivity contribution in [3.05, 3.63) is 20.7 Å². The number of carboxylic acid groups (broad SMARTS) is 1. The molecule has 72 valence electrons. The second kappa shape index (κ2) is 4.20. The van der Waals surface area contributed by atoms with Gasteiger partial charge in [0.1, 0.15) is 6.04 Å². The van der Waals surface area contributed by atoms with Crippen LogP contribution in [0.5, 0.6) is 0 Å². The van der Waals surface area contributed by atoms with Gasteiger partial charge in [-0.15, -0.1) is 0 Å². The Hall–Kier alpha value is -1.14. The fraction of sp³-hybridized carbons (Fsp3) is 0.429. The number of carboxylic acids is 1. The van der Waals surface area contributed by atoms with E-state index in [9.17, 15) is 9.59 Å². The predicted molar refractivity (Wildman–Crippen MR) is 48.9 cm³/mol. The molecule has 0 aliphatic heterocycles. The second-order valence-corrected chi connectivity index (χ2v) is 3.46. The van der Waals surface area contributed by atoms with E-state index in [1.165, 1.54) is 0 Å². The van der Waals surface area contributed by atoms with Crippen molar-refractivity contribution in [2.24, 2.45) is 0 Å². The molecule has 0 aliphatic carbocycles. The van der Waals surface area contributed by atoms with Crippen molar-refractivity contribution >= 4 is 17.3 Å². The summed E-state index contributed by atoms with van der Waals surface area (Å²) < 4.78 is 0. The van der Waals surface area contributed by atoms with Crippen LogP contribution in [-0.4, -0.2) is 22.1 Å². The Kier molecular flexibility index (Phi) is 3.21. The van der Waals surface area contributed by atoms with Crippen LogP contribution in [0.3, 0.4) is 0 Å². The van der Waals surface area contributed by atoms with Gasteiger partial charge >= 0.3 is 10.8 Å². The SMILES string of the molecule is CC(NCc1csc(=O)[nH]1)C(=O)O. The number of thiazole rings is 1. The number of nitrogens with one attached hydrogen (secondary N) is 2. The van der Waals surface area contributed by atoms with Crippen LogP contribution in [0, 0.1) is 0 Å². The first-order valence-electron chi connectivity index (χ1n) is 3.72. The van der Waals surface area contributed by atoms with Crippen LogP contribution >= 0.6 is 11.3 Å². The lowest BCUT2D eigenvalue weighted by Gasteiger charge is -2.06. The van der Waals surface area contributed by atoms with Gasteiger partial charge in [-0.05, 0) is 6.92 Å². The zero-order valence-corrected chi connectivity index (χ0v) is 7.85. The van der Waals surface area contributed by atoms with Gasteiger partial charge in [0, 0.05) is 17.6 Å². The van der Waals surface area contributed by atoms with E-state index in [-0.39, 0.29) is 4.87 Å². The third kappa shape index (κ3) is 3.00. The number of aromatic nitrogens is 1. The lowest BCUT2D eigenvalue weighted by molar-refractivity contribution is -0.139. The number of hydrogen-bond acceptors (Lipinski definition) is 4. The summed E-state index contributed by atoms with van der Waals surface area (Å²) >= 11 is 1.07. The van der Waals surface area contributed by atoms with Gasteiger partial charge in [-0.1, -0.05) is 11.3 Å².